The number of alkyl halides is 2. The van der Waals surface area contributed by atoms with E-state index in [4.69, 9.17) is 9.72 Å². The molecule has 0 unspecified atom stereocenters. The lowest BCUT2D eigenvalue weighted by Crippen LogP contribution is -2.39. The van der Waals surface area contributed by atoms with Gasteiger partial charge >= 0.3 is 6.09 Å². The number of benzene rings is 2. The van der Waals surface area contributed by atoms with Crippen LogP contribution >= 0.6 is 0 Å². The second kappa shape index (κ2) is 11.2. The number of amides is 1. The normalized spacial score (nSPS) is 16.8. The maximum absolute atomic E-state index is 14.0. The second-order valence-electron chi connectivity index (χ2n) is 10.9. The number of alkyl carbamates (subject to hydrolysis) is 1. The smallest absolute Gasteiger partial charge is 0.408 e. The third-order valence-electron chi connectivity index (χ3n) is 6.65. The van der Waals surface area contributed by atoms with Crippen LogP contribution < -0.4 is 10.9 Å². The number of ether oxygens (including phenoxy) is 1. The van der Waals surface area contributed by atoms with E-state index >= 15 is 0 Å². The molecule has 2 aromatic carbocycles. The van der Waals surface area contributed by atoms with Crippen LogP contribution in [-0.4, -0.2) is 51.7 Å². The molecular weight excluding hydrogens is 490 g/mol. The third-order valence-corrected chi connectivity index (χ3v) is 6.65. The molecule has 1 N–H and O–H groups in total. The fraction of sp³-hybridized carbons (Fsp3) is 0.483. The molecule has 2 heterocycles. The van der Waals surface area contributed by atoms with E-state index in [0.29, 0.717) is 48.5 Å². The number of fused-ring (bicyclic) bond motifs is 1. The van der Waals surface area contributed by atoms with Crippen LogP contribution in [0.2, 0.25) is 0 Å². The Bertz CT molecular complexity index is 1330. The Morgan fingerprint density at radius 2 is 1.79 bits per heavy atom. The lowest BCUT2D eigenvalue weighted by molar-refractivity contribution is -0.0551. The average Bonchev–Trinajstić information content (AvgIpc) is 2.84. The minimum Gasteiger partial charge on any atom is -0.444 e. The molecule has 1 saturated heterocycles. The van der Waals surface area contributed by atoms with Crippen molar-refractivity contribution in [3.63, 3.8) is 0 Å². The molecule has 1 atom stereocenters. The summed E-state index contributed by atoms with van der Waals surface area (Å²) >= 11 is 0. The lowest BCUT2D eigenvalue weighted by Gasteiger charge is -2.31. The van der Waals surface area contributed by atoms with Gasteiger partial charge in [0.25, 0.3) is 11.5 Å². The van der Waals surface area contributed by atoms with Crippen LogP contribution in [0.4, 0.5) is 13.6 Å². The Morgan fingerprint density at radius 1 is 1.11 bits per heavy atom. The molecule has 7 nitrogen and oxygen atoms in total. The lowest BCUT2D eigenvalue weighted by atomic mass is 10.0. The van der Waals surface area contributed by atoms with Crippen molar-refractivity contribution >= 4 is 17.0 Å². The zero-order chi connectivity index (χ0) is 27.5. The zero-order valence-corrected chi connectivity index (χ0v) is 22.5. The van der Waals surface area contributed by atoms with Crippen LogP contribution in [-0.2, 0) is 11.2 Å². The molecular formula is C29H36F2N4O3. The number of carbonyl (C=O) groups excluding carboxylic acids is 1. The highest BCUT2D eigenvalue weighted by atomic mass is 19.3. The molecule has 1 fully saturated rings. The van der Waals surface area contributed by atoms with Crippen LogP contribution in [0.15, 0.2) is 53.3 Å². The van der Waals surface area contributed by atoms with Gasteiger partial charge in [-0.05, 0) is 70.8 Å². The van der Waals surface area contributed by atoms with Crippen molar-refractivity contribution in [3.8, 4) is 5.69 Å². The predicted octanol–water partition coefficient (Wildman–Crippen LogP) is 5.64. The highest BCUT2D eigenvalue weighted by Crippen LogP contribution is 2.28. The standard InChI is InChI=1S/C29H36F2N4O3/c1-20(32-27(37)38-28(2,3)4)25-33-23-14-8-10-21(11-9-17-34-18-15-29(30,31)16-19-34)24(23)26(36)35(25)22-12-6-5-7-13-22/h5-8,10,12-14,20H,9,11,15-19H2,1-4H3,(H,32,37)/t20-/m0/s1. The van der Waals surface area contributed by atoms with Gasteiger partial charge in [0.1, 0.15) is 11.4 Å². The molecule has 0 spiro atoms. The number of nitrogens with zero attached hydrogens (tertiary/aromatic N) is 3. The SMILES string of the molecule is C[C@H](NC(=O)OC(C)(C)C)c1nc2cccc(CCCN3CCC(F)(F)CC3)c2c(=O)n1-c1ccccc1. The fourth-order valence-corrected chi connectivity index (χ4v) is 4.79. The maximum Gasteiger partial charge on any atom is 0.408 e. The monoisotopic (exact) mass is 526 g/mol. The first-order valence-corrected chi connectivity index (χ1v) is 13.1. The number of hydrogen-bond donors (Lipinski definition) is 1. The van der Waals surface area contributed by atoms with Gasteiger partial charge in [0, 0.05) is 25.9 Å². The van der Waals surface area contributed by atoms with Crippen LogP contribution in [0.1, 0.15) is 64.4 Å². The quantitative estimate of drug-likeness (QED) is 0.432. The molecule has 1 aromatic heterocycles. The number of para-hydroxylation sites is 1. The number of likely N-dealkylation sites (tertiary alicyclic amines) is 1. The van der Waals surface area contributed by atoms with Gasteiger partial charge < -0.3 is 15.0 Å². The number of hydrogen-bond acceptors (Lipinski definition) is 5. The van der Waals surface area contributed by atoms with Gasteiger partial charge in [0.15, 0.2) is 0 Å². The molecule has 1 aliphatic rings. The average molecular weight is 527 g/mol. The summed E-state index contributed by atoms with van der Waals surface area (Å²) in [5.41, 5.74) is 1.17. The summed E-state index contributed by atoms with van der Waals surface area (Å²) in [5, 5.41) is 3.33. The molecule has 0 saturated carbocycles. The molecule has 4 rings (SSSR count). The summed E-state index contributed by atoms with van der Waals surface area (Å²) in [7, 11) is 0. The topological polar surface area (TPSA) is 76.5 Å². The van der Waals surface area contributed by atoms with E-state index in [0.717, 1.165) is 12.0 Å². The summed E-state index contributed by atoms with van der Waals surface area (Å²) in [6.45, 7) is 8.59. The van der Waals surface area contributed by atoms with Gasteiger partial charge in [-0.15, -0.1) is 0 Å². The van der Waals surface area contributed by atoms with Crippen LogP contribution in [0.5, 0.6) is 0 Å². The van der Waals surface area contributed by atoms with Crippen molar-refractivity contribution in [2.24, 2.45) is 0 Å². The number of carbonyl (C=O) groups is 1. The number of aryl methyl sites for hydroxylation is 1. The number of piperidine rings is 1. The van der Waals surface area contributed by atoms with Crippen LogP contribution in [0.25, 0.3) is 16.6 Å². The number of rotatable bonds is 7. The molecule has 204 valence electrons. The summed E-state index contributed by atoms with van der Waals surface area (Å²) in [5.74, 6) is -2.17. The molecule has 1 amide bonds. The zero-order valence-electron chi connectivity index (χ0n) is 22.5. The van der Waals surface area contributed by atoms with Crippen molar-refractivity contribution in [2.45, 2.75) is 70.9 Å². The van der Waals surface area contributed by atoms with Gasteiger partial charge in [-0.1, -0.05) is 30.3 Å². The predicted molar refractivity (Wildman–Crippen MR) is 144 cm³/mol. The van der Waals surface area contributed by atoms with E-state index < -0.39 is 23.7 Å². The van der Waals surface area contributed by atoms with Gasteiger partial charge in [0.05, 0.1) is 22.6 Å². The van der Waals surface area contributed by atoms with E-state index in [1.807, 2.05) is 42.5 Å². The van der Waals surface area contributed by atoms with E-state index in [2.05, 4.69) is 10.2 Å². The molecule has 3 aromatic rings. The van der Waals surface area contributed by atoms with Gasteiger partial charge in [-0.2, -0.15) is 0 Å². The number of aromatic nitrogens is 2. The fourth-order valence-electron chi connectivity index (χ4n) is 4.79. The van der Waals surface area contributed by atoms with Crippen molar-refractivity contribution in [3.05, 3.63) is 70.3 Å². The molecule has 0 aliphatic carbocycles. The Morgan fingerprint density at radius 3 is 2.45 bits per heavy atom. The molecule has 0 bridgehead atoms. The first-order chi connectivity index (χ1) is 17.9. The minimum absolute atomic E-state index is 0.106. The summed E-state index contributed by atoms with van der Waals surface area (Å²) in [6.07, 6.45) is 0.564. The Kier molecular flexibility index (Phi) is 8.16. The Hall–Kier alpha value is -3.33. The van der Waals surface area contributed by atoms with E-state index in [-0.39, 0.29) is 18.4 Å². The molecule has 0 radical (unpaired) electrons. The summed E-state index contributed by atoms with van der Waals surface area (Å²) < 4.78 is 33.9. The van der Waals surface area contributed by atoms with Crippen LogP contribution in [0.3, 0.4) is 0 Å². The number of halogens is 2. The number of nitrogens with one attached hydrogen (secondary N) is 1. The van der Waals surface area contributed by atoms with Gasteiger partial charge in [0.2, 0.25) is 0 Å². The van der Waals surface area contributed by atoms with Crippen molar-refractivity contribution < 1.29 is 18.3 Å². The van der Waals surface area contributed by atoms with E-state index in [1.54, 1.807) is 38.3 Å². The molecule has 9 heteroatoms. The highest BCUT2D eigenvalue weighted by molar-refractivity contribution is 5.82. The van der Waals surface area contributed by atoms with E-state index in [9.17, 15) is 18.4 Å². The van der Waals surface area contributed by atoms with E-state index in [1.165, 1.54) is 0 Å². The van der Waals surface area contributed by atoms with Crippen LogP contribution in [0, 0.1) is 0 Å². The summed E-state index contributed by atoms with van der Waals surface area (Å²) in [6, 6.07) is 14.2. The maximum atomic E-state index is 14.0. The molecule has 38 heavy (non-hydrogen) atoms. The highest BCUT2D eigenvalue weighted by Gasteiger charge is 2.33. The minimum atomic E-state index is -2.56. The van der Waals surface area contributed by atoms with Crippen molar-refractivity contribution in [1.82, 2.24) is 19.8 Å². The third kappa shape index (κ3) is 6.75. The van der Waals surface area contributed by atoms with Gasteiger partial charge in [-0.25, -0.2) is 18.6 Å². The van der Waals surface area contributed by atoms with Crippen molar-refractivity contribution in [2.75, 3.05) is 19.6 Å². The molecule has 1 aliphatic heterocycles. The Balaban J connectivity index is 1.65. The first-order valence-electron chi connectivity index (χ1n) is 13.1. The second-order valence-corrected chi connectivity index (χ2v) is 10.9. The van der Waals surface area contributed by atoms with Gasteiger partial charge in [-0.3, -0.25) is 9.36 Å². The Labute approximate surface area is 221 Å². The van der Waals surface area contributed by atoms with Crippen molar-refractivity contribution in [1.29, 1.82) is 0 Å². The first kappa shape index (κ1) is 27.7. The summed E-state index contributed by atoms with van der Waals surface area (Å²) in [4.78, 5) is 33.4. The largest absolute Gasteiger partial charge is 0.444 e.